The molecule has 0 fully saturated rings. The second-order valence-corrected chi connectivity index (χ2v) is 36.7. The van der Waals surface area contributed by atoms with Crippen molar-refractivity contribution in [2.75, 3.05) is 0 Å². The number of nitriles is 4. The molecule has 0 N–H and O–H groups in total. The highest BCUT2D eigenvalue weighted by Crippen LogP contribution is 2.51. The molecule has 27 aromatic rings. The number of para-hydroxylation sites is 9. The van der Waals surface area contributed by atoms with Gasteiger partial charge in [-0.1, -0.05) is 297 Å². The summed E-state index contributed by atoms with van der Waals surface area (Å²) in [5, 5.41) is 51.2. The average Bonchev–Trinajstić information content (AvgIpc) is 1.57. The van der Waals surface area contributed by atoms with Crippen molar-refractivity contribution >= 4 is 159 Å². The summed E-state index contributed by atoms with van der Waals surface area (Å²) in [5.41, 5.74) is 35.0. The van der Waals surface area contributed by atoms with Crippen LogP contribution in [0.2, 0.25) is 0 Å². The highest BCUT2D eigenvalue weighted by atomic mass is 15.0. The first kappa shape index (κ1) is 89.2. The Labute approximate surface area is 861 Å². The highest BCUT2D eigenvalue weighted by Gasteiger charge is 2.28. The maximum absolute atomic E-state index is 9.96. The number of hydrogen-bond donors (Lipinski definition) is 0. The molecule has 690 valence electrons. The maximum atomic E-state index is 9.96. The van der Waals surface area contributed by atoms with Gasteiger partial charge >= 0.3 is 0 Å². The monoisotopic (exact) mass is 1910 g/mol. The van der Waals surface area contributed by atoms with E-state index >= 15 is 0 Å². The SMILES string of the molecule is [C-]#[N+]c1ccc2c(c1)c1cc(C#N)ccc1n2-c1ccc(-c2ccccc2-c2cccc([N+]#[C-])c2-n2c3ccccc3c3ccccc32)cc1.[C-]#[N+]c1ccc2c3cc(C#N)ccc3n(-c3ccc(-c4ccccc4-c4cccc([N+]#[C-])c4-n4c5ccccc5c5ccccc54)cc3)c2c1.[C-]#[N+]c1cccc(-c2ccccc2-c2ccc(-n3c4ccc(C#N)cc4c4c(C#N)cccc43)cc2)c1-n1c2ccccc2c2ccccc21. The van der Waals surface area contributed by atoms with Crippen LogP contribution < -0.4 is 0 Å². The topological polar surface area (TPSA) is 147 Å². The predicted molar refractivity (Wildman–Crippen MR) is 608 cm³/mol. The zero-order chi connectivity index (χ0) is 101. The lowest BCUT2D eigenvalue weighted by molar-refractivity contribution is 1.18. The molecule has 0 radical (unpaired) electrons. The zero-order valence-electron chi connectivity index (χ0n) is 80.0. The van der Waals surface area contributed by atoms with E-state index in [9.17, 15) is 21.0 Å². The molecule has 0 amide bonds. The Balaban J connectivity index is 0.000000116. The van der Waals surface area contributed by atoms with Gasteiger partial charge in [-0.15, -0.1) is 0 Å². The Kier molecular flexibility index (Phi) is 22.0. The first-order valence-corrected chi connectivity index (χ1v) is 48.7. The molecule has 6 aromatic heterocycles. The number of hydrogen-bond acceptors (Lipinski definition) is 4. The second kappa shape index (κ2) is 37.0. The molecule has 27 rings (SSSR count). The van der Waals surface area contributed by atoms with Crippen LogP contribution in [0.1, 0.15) is 22.3 Å². The number of aromatic nitrogens is 6. The van der Waals surface area contributed by atoms with Crippen LogP contribution in [0, 0.1) is 78.2 Å². The molecule has 15 nitrogen and oxygen atoms in total. The quantitative estimate of drug-likeness (QED) is 0.112. The molecule has 0 aliphatic carbocycles. The van der Waals surface area contributed by atoms with E-state index in [2.05, 4.69) is 367 Å². The summed E-state index contributed by atoms with van der Waals surface area (Å²) in [6.45, 7) is 39.8. The molecule has 21 aromatic carbocycles. The average molecular weight is 1910 g/mol. The number of fused-ring (bicyclic) bond motifs is 18. The largest absolute Gasteiger partial charge is 0.318 e. The Morgan fingerprint density at radius 1 is 0.173 bits per heavy atom. The van der Waals surface area contributed by atoms with E-state index < -0.39 is 0 Å². The highest BCUT2D eigenvalue weighted by molar-refractivity contribution is 6.18. The van der Waals surface area contributed by atoms with Gasteiger partial charge in [0, 0.05) is 81.8 Å². The lowest BCUT2D eigenvalue weighted by Gasteiger charge is -2.18. The van der Waals surface area contributed by atoms with E-state index in [-0.39, 0.29) is 0 Å². The first-order valence-electron chi connectivity index (χ1n) is 48.7. The third kappa shape index (κ3) is 14.7. The second-order valence-electron chi connectivity index (χ2n) is 36.7. The normalized spacial score (nSPS) is 11.1. The fourth-order valence-corrected chi connectivity index (χ4v) is 22.4. The van der Waals surface area contributed by atoms with Gasteiger partial charge in [0.1, 0.15) is 0 Å². The van der Waals surface area contributed by atoms with E-state index in [0.717, 1.165) is 232 Å². The van der Waals surface area contributed by atoms with Gasteiger partial charge in [-0.05, 0) is 230 Å². The Morgan fingerprint density at radius 2 is 0.433 bits per heavy atom. The van der Waals surface area contributed by atoms with Crippen LogP contribution in [-0.4, -0.2) is 27.4 Å². The summed E-state index contributed by atoms with van der Waals surface area (Å²) in [6.07, 6.45) is 0. The summed E-state index contributed by atoms with van der Waals surface area (Å²) in [4.78, 5) is 19.4. The lowest BCUT2D eigenvalue weighted by Crippen LogP contribution is -1.99. The minimum absolute atomic E-state index is 0.554. The molecule has 15 heteroatoms. The molecule has 150 heavy (non-hydrogen) atoms. The van der Waals surface area contributed by atoms with Gasteiger partial charge in [0.15, 0.2) is 11.4 Å². The molecule has 0 bridgehead atoms. The molecule has 6 heterocycles. The van der Waals surface area contributed by atoms with Crippen molar-refractivity contribution in [3.8, 4) is 125 Å². The third-order valence-electron chi connectivity index (χ3n) is 28.8. The van der Waals surface area contributed by atoms with Gasteiger partial charge in [0.25, 0.3) is 0 Å². The van der Waals surface area contributed by atoms with E-state index in [1.807, 2.05) is 164 Å². The van der Waals surface area contributed by atoms with E-state index in [1.165, 1.54) is 0 Å². The van der Waals surface area contributed by atoms with Crippen molar-refractivity contribution in [2.45, 2.75) is 0 Å². The van der Waals surface area contributed by atoms with Crippen molar-refractivity contribution in [2.24, 2.45) is 0 Å². The van der Waals surface area contributed by atoms with Gasteiger partial charge in [0.05, 0.1) is 157 Å². The van der Waals surface area contributed by atoms with Gasteiger partial charge in [-0.25, -0.2) is 24.2 Å². The summed E-state index contributed by atoms with van der Waals surface area (Å²) in [6, 6.07) is 162. The fraction of sp³-hybridized carbons (Fsp3) is 0. The Hall–Kier alpha value is -22.2. The van der Waals surface area contributed by atoms with Gasteiger partial charge in [-0.3, -0.25) is 0 Å². The van der Waals surface area contributed by atoms with E-state index in [0.29, 0.717) is 50.7 Å². The Morgan fingerprint density at radius 3 is 0.780 bits per heavy atom. The minimum atomic E-state index is 0.554. The van der Waals surface area contributed by atoms with Crippen molar-refractivity contribution in [1.82, 2.24) is 27.4 Å². The van der Waals surface area contributed by atoms with Crippen molar-refractivity contribution in [3.05, 3.63) is 534 Å². The van der Waals surface area contributed by atoms with Crippen LogP contribution in [0.3, 0.4) is 0 Å². The molecule has 0 aliphatic heterocycles. The molecule has 0 spiro atoms. The van der Waals surface area contributed by atoms with Gasteiger partial charge < -0.3 is 27.4 Å². The van der Waals surface area contributed by atoms with Crippen LogP contribution in [0.5, 0.6) is 0 Å². The minimum Gasteiger partial charge on any atom is -0.318 e. The van der Waals surface area contributed by atoms with Crippen molar-refractivity contribution < 1.29 is 0 Å². The van der Waals surface area contributed by atoms with Gasteiger partial charge in [0.2, 0.25) is 17.1 Å². The molecule has 0 saturated heterocycles. The number of nitrogens with zero attached hydrogens (tertiary/aromatic N) is 15. The van der Waals surface area contributed by atoms with Crippen LogP contribution in [-0.2, 0) is 0 Å². The molecule has 0 unspecified atom stereocenters. The summed E-state index contributed by atoms with van der Waals surface area (Å²) < 4.78 is 13.2. The molecule has 0 aliphatic rings. The van der Waals surface area contributed by atoms with Crippen LogP contribution in [0.15, 0.2) is 455 Å². The van der Waals surface area contributed by atoms with Gasteiger partial charge in [-0.2, -0.15) is 21.0 Å². The first-order chi connectivity index (χ1) is 74.0. The lowest BCUT2D eigenvalue weighted by atomic mass is 9.93. The van der Waals surface area contributed by atoms with Crippen LogP contribution in [0.25, 0.3) is 256 Å². The maximum Gasteiger partial charge on any atom is 0.211 e. The molecular formula is C135H75N15. The van der Waals surface area contributed by atoms with Crippen molar-refractivity contribution in [1.29, 1.82) is 21.0 Å². The van der Waals surface area contributed by atoms with E-state index in [4.69, 9.17) is 32.9 Å². The number of benzene rings is 21. The van der Waals surface area contributed by atoms with Crippen LogP contribution in [0.4, 0.5) is 28.4 Å². The Bertz CT molecular complexity index is 10300. The van der Waals surface area contributed by atoms with Crippen molar-refractivity contribution in [3.63, 3.8) is 0 Å². The predicted octanol–water partition coefficient (Wildman–Crippen LogP) is 35.9. The standard InChI is InChI=1S/3C45H25N5/c1-47-31-21-24-37-39-26-29(28-46)18-25-43(39)49(44(37)27-31)32-22-19-30(20-23-32)33-10-3-4-11-34(33)38-14-9-15-40(48-2)45(38)50-41-16-7-5-12-35(41)36-13-6-8-17-42(36)50;1-47-31-21-25-44-39(27-31)38-26-29(28-46)18-24-43(38)49(44)32-22-19-30(20-23-32)33-10-3-4-11-34(33)37-14-9-15-40(48-2)45(37)50-41-16-7-5-12-35(41)36-13-6-8-17-42(36)50;1-48-39-16-9-15-37(45(39)50-40-17-6-4-13-35(40)36-14-5-7-18-41(36)50)34-12-3-2-11-33(34)30-21-23-32(24-22-30)49-42-25-20-29(27-46)26-38(42)44-31(28-47)10-8-19-43(44)49/h2*3-27H;2-26H. The number of rotatable bonds is 12. The third-order valence-corrected chi connectivity index (χ3v) is 28.8. The molecular weight excluding hydrogens is 1830 g/mol. The van der Waals surface area contributed by atoms with Crippen LogP contribution >= 0.6 is 0 Å². The molecule has 0 atom stereocenters. The summed E-state index contributed by atoms with van der Waals surface area (Å²) in [5.74, 6) is 0. The smallest absolute Gasteiger partial charge is 0.211 e. The molecule has 0 saturated carbocycles. The summed E-state index contributed by atoms with van der Waals surface area (Å²) >= 11 is 0. The fourth-order valence-electron chi connectivity index (χ4n) is 22.4. The zero-order valence-corrected chi connectivity index (χ0v) is 80.0. The van der Waals surface area contributed by atoms with E-state index in [1.54, 1.807) is 0 Å². The summed E-state index contributed by atoms with van der Waals surface area (Å²) in [7, 11) is 0.